The van der Waals surface area contributed by atoms with Gasteiger partial charge >= 0.3 is 0 Å². The molecular formula is C16H29Cl2N5O2S. The van der Waals surface area contributed by atoms with E-state index in [1.807, 2.05) is 0 Å². The number of hydrogen-bond donors (Lipinski definition) is 3. The average Bonchev–Trinajstić information content (AvgIpc) is 2.60. The lowest BCUT2D eigenvalue weighted by atomic mass is 9.96. The van der Waals surface area contributed by atoms with Crippen molar-refractivity contribution in [3.8, 4) is 0 Å². The van der Waals surface area contributed by atoms with E-state index in [4.69, 9.17) is 0 Å². The molecule has 2 aliphatic heterocycles. The van der Waals surface area contributed by atoms with Gasteiger partial charge in [0.15, 0.2) is 9.84 Å². The van der Waals surface area contributed by atoms with Crippen LogP contribution >= 0.6 is 24.8 Å². The van der Waals surface area contributed by atoms with Crippen molar-refractivity contribution in [3.63, 3.8) is 0 Å². The molecule has 0 aromatic carbocycles. The molecule has 10 heteroatoms. The third-order valence-electron chi connectivity index (χ3n) is 4.87. The van der Waals surface area contributed by atoms with Gasteiger partial charge in [-0.3, -0.25) is 0 Å². The van der Waals surface area contributed by atoms with Crippen LogP contribution in [0, 0.1) is 5.92 Å². The fourth-order valence-corrected chi connectivity index (χ4v) is 4.29. The Morgan fingerprint density at radius 3 is 2.50 bits per heavy atom. The number of rotatable bonds is 5. The summed E-state index contributed by atoms with van der Waals surface area (Å²) in [6, 6.07) is 0. The van der Waals surface area contributed by atoms with Gasteiger partial charge in [-0.1, -0.05) is 0 Å². The first-order chi connectivity index (χ1) is 11.5. The van der Waals surface area contributed by atoms with E-state index in [2.05, 4.69) is 25.9 Å². The van der Waals surface area contributed by atoms with E-state index in [1.54, 1.807) is 0 Å². The van der Waals surface area contributed by atoms with Crippen molar-refractivity contribution in [1.29, 1.82) is 0 Å². The number of hydrogen-bond acceptors (Lipinski definition) is 7. The highest BCUT2D eigenvalue weighted by atomic mass is 35.5. The minimum atomic E-state index is -3.32. The monoisotopic (exact) mass is 425 g/mol. The van der Waals surface area contributed by atoms with Crippen molar-refractivity contribution in [3.05, 3.63) is 11.9 Å². The van der Waals surface area contributed by atoms with Crippen LogP contribution in [0.1, 0.15) is 37.3 Å². The van der Waals surface area contributed by atoms with Crippen molar-refractivity contribution in [2.24, 2.45) is 5.92 Å². The molecule has 1 unspecified atom stereocenters. The minimum Gasteiger partial charge on any atom is -0.354 e. The molecule has 3 rings (SSSR count). The van der Waals surface area contributed by atoms with Crippen LogP contribution in [0.15, 0.2) is 11.1 Å². The third kappa shape index (κ3) is 6.20. The summed E-state index contributed by atoms with van der Waals surface area (Å²) in [5, 5.41) is 10.00. The summed E-state index contributed by atoms with van der Waals surface area (Å²) in [5.41, 5.74) is 0.660. The second-order valence-electron chi connectivity index (χ2n) is 6.83. The maximum atomic E-state index is 12.1. The van der Waals surface area contributed by atoms with Gasteiger partial charge < -0.3 is 16.0 Å². The molecule has 1 aromatic heterocycles. The summed E-state index contributed by atoms with van der Waals surface area (Å²) in [6.45, 7) is 4.70. The van der Waals surface area contributed by atoms with Gasteiger partial charge in [-0.15, -0.1) is 24.8 Å². The standard InChI is InChI=1S/C16H27N5O2S.2ClH/c1-24(22,23)14-11-20-16(19-9-12-4-7-17-8-5-12)21-15(14)13-3-2-6-18-10-13;;/h11-13,17-18H,2-10H2,1H3,(H,19,20,21);2*1H. The molecule has 2 fully saturated rings. The van der Waals surface area contributed by atoms with Gasteiger partial charge in [-0.05, 0) is 51.2 Å². The second kappa shape index (κ2) is 10.6. The Morgan fingerprint density at radius 2 is 1.88 bits per heavy atom. The highest BCUT2D eigenvalue weighted by Crippen LogP contribution is 2.28. The Hall–Kier alpha value is -0.670. The van der Waals surface area contributed by atoms with Gasteiger partial charge in [0.2, 0.25) is 5.95 Å². The van der Waals surface area contributed by atoms with Crippen molar-refractivity contribution in [2.45, 2.75) is 36.5 Å². The summed E-state index contributed by atoms with van der Waals surface area (Å²) < 4.78 is 24.2. The molecule has 3 heterocycles. The minimum absolute atomic E-state index is 0. The van der Waals surface area contributed by atoms with E-state index < -0.39 is 9.84 Å². The van der Waals surface area contributed by atoms with Crippen LogP contribution in [0.2, 0.25) is 0 Å². The predicted molar refractivity (Wildman–Crippen MR) is 109 cm³/mol. The van der Waals surface area contributed by atoms with Crippen LogP contribution < -0.4 is 16.0 Å². The Labute approximate surface area is 168 Å². The molecule has 0 spiro atoms. The number of nitrogens with one attached hydrogen (secondary N) is 3. The summed E-state index contributed by atoms with van der Waals surface area (Å²) >= 11 is 0. The molecule has 7 nitrogen and oxygen atoms in total. The zero-order valence-corrected chi connectivity index (χ0v) is 17.5. The lowest BCUT2D eigenvalue weighted by molar-refractivity contribution is 0.389. The van der Waals surface area contributed by atoms with Crippen molar-refractivity contribution in [2.75, 3.05) is 44.3 Å². The molecule has 0 radical (unpaired) electrons. The van der Waals surface area contributed by atoms with Crippen molar-refractivity contribution in [1.82, 2.24) is 20.6 Å². The van der Waals surface area contributed by atoms with Gasteiger partial charge in [0.05, 0.1) is 11.9 Å². The number of halogens is 2. The molecule has 0 saturated carbocycles. The van der Waals surface area contributed by atoms with Crippen LogP contribution in [-0.2, 0) is 9.84 Å². The predicted octanol–water partition coefficient (Wildman–Crippen LogP) is 1.60. The van der Waals surface area contributed by atoms with Crippen LogP contribution in [0.25, 0.3) is 0 Å². The highest BCUT2D eigenvalue weighted by molar-refractivity contribution is 7.90. The molecule has 26 heavy (non-hydrogen) atoms. The molecule has 1 aromatic rings. The number of aromatic nitrogens is 2. The van der Waals surface area contributed by atoms with E-state index in [9.17, 15) is 8.42 Å². The van der Waals surface area contributed by atoms with Crippen LogP contribution in [0.5, 0.6) is 0 Å². The Bertz CT molecular complexity index is 663. The normalized spacial score (nSPS) is 21.3. The van der Waals surface area contributed by atoms with Crippen LogP contribution in [0.4, 0.5) is 5.95 Å². The molecule has 0 aliphatic carbocycles. The quantitative estimate of drug-likeness (QED) is 0.658. The summed E-state index contributed by atoms with van der Waals surface area (Å²) in [4.78, 5) is 9.11. The largest absolute Gasteiger partial charge is 0.354 e. The van der Waals surface area contributed by atoms with Crippen LogP contribution in [-0.4, -0.2) is 57.4 Å². The topological polar surface area (TPSA) is 96.0 Å². The van der Waals surface area contributed by atoms with E-state index in [0.29, 0.717) is 17.6 Å². The van der Waals surface area contributed by atoms with Crippen molar-refractivity contribution < 1.29 is 8.42 Å². The maximum Gasteiger partial charge on any atom is 0.222 e. The fraction of sp³-hybridized carbons (Fsp3) is 0.750. The lowest BCUT2D eigenvalue weighted by Crippen LogP contribution is -2.32. The van der Waals surface area contributed by atoms with E-state index in [-0.39, 0.29) is 35.6 Å². The summed E-state index contributed by atoms with van der Waals surface area (Å²) in [7, 11) is -3.32. The van der Waals surface area contributed by atoms with E-state index in [0.717, 1.165) is 58.4 Å². The lowest BCUT2D eigenvalue weighted by Gasteiger charge is -2.25. The van der Waals surface area contributed by atoms with Gasteiger partial charge in [0.25, 0.3) is 0 Å². The Kier molecular flexibility index (Phi) is 9.54. The van der Waals surface area contributed by atoms with Gasteiger partial charge in [-0.25, -0.2) is 18.4 Å². The summed E-state index contributed by atoms with van der Waals surface area (Å²) in [5.74, 6) is 1.29. The number of sulfone groups is 1. The molecule has 150 valence electrons. The molecular weight excluding hydrogens is 397 g/mol. The fourth-order valence-electron chi connectivity index (χ4n) is 3.45. The molecule has 2 aliphatic rings. The second-order valence-corrected chi connectivity index (χ2v) is 8.82. The molecule has 0 bridgehead atoms. The van der Waals surface area contributed by atoms with E-state index >= 15 is 0 Å². The van der Waals surface area contributed by atoms with E-state index in [1.165, 1.54) is 12.5 Å². The van der Waals surface area contributed by atoms with Gasteiger partial charge in [-0.2, -0.15) is 0 Å². The zero-order valence-electron chi connectivity index (χ0n) is 15.0. The number of anilines is 1. The molecule has 2 saturated heterocycles. The third-order valence-corrected chi connectivity index (χ3v) is 5.99. The first-order valence-electron chi connectivity index (χ1n) is 8.76. The smallest absolute Gasteiger partial charge is 0.222 e. The SMILES string of the molecule is CS(=O)(=O)c1cnc(NCC2CCNCC2)nc1C1CCCNC1.Cl.Cl. The van der Waals surface area contributed by atoms with Gasteiger partial charge in [0, 0.05) is 25.3 Å². The van der Waals surface area contributed by atoms with Crippen molar-refractivity contribution >= 4 is 40.6 Å². The molecule has 0 amide bonds. The zero-order chi connectivity index (χ0) is 17.0. The summed E-state index contributed by atoms with van der Waals surface area (Å²) in [6.07, 6.45) is 6.99. The first-order valence-corrected chi connectivity index (χ1v) is 10.7. The number of nitrogens with zero attached hydrogens (tertiary/aromatic N) is 2. The van der Waals surface area contributed by atoms with Gasteiger partial charge in [0.1, 0.15) is 4.90 Å². The van der Waals surface area contributed by atoms with Crippen LogP contribution in [0.3, 0.4) is 0 Å². The first kappa shape index (κ1) is 23.4. The Morgan fingerprint density at radius 1 is 1.15 bits per heavy atom. The Balaban J connectivity index is 0.00000169. The number of piperidine rings is 2. The molecule has 1 atom stereocenters. The maximum absolute atomic E-state index is 12.1. The highest BCUT2D eigenvalue weighted by Gasteiger charge is 2.25. The molecule has 3 N–H and O–H groups in total. The average molecular weight is 426 g/mol.